The van der Waals surface area contributed by atoms with E-state index in [-0.39, 0.29) is 10.3 Å². The van der Waals surface area contributed by atoms with E-state index < -0.39 is 7.29 Å². The van der Waals surface area contributed by atoms with Crippen molar-refractivity contribution in [1.82, 2.24) is 4.34 Å². The molecule has 0 saturated carbocycles. The fourth-order valence-corrected chi connectivity index (χ4v) is 7.86. The van der Waals surface area contributed by atoms with E-state index >= 15 is 0 Å². The summed E-state index contributed by atoms with van der Waals surface area (Å²) in [7, 11) is -2.73. The summed E-state index contributed by atoms with van der Waals surface area (Å²) in [4.78, 5) is 0. The van der Waals surface area contributed by atoms with Crippen LogP contribution in [0.25, 0.3) is 22.0 Å². The smallest absolute Gasteiger partial charge is 0.186 e. The van der Waals surface area contributed by atoms with Crippen LogP contribution in [0, 0.1) is 0 Å². The van der Waals surface area contributed by atoms with Crippen LogP contribution in [0.4, 0.5) is 0 Å². The van der Waals surface area contributed by atoms with Crippen molar-refractivity contribution in [2.24, 2.45) is 0 Å². The number of aromatic nitrogens is 1. The van der Waals surface area contributed by atoms with Gasteiger partial charge in [-0.2, -0.15) is 0 Å². The minimum absolute atomic E-state index is 0.319. The molecule has 0 radical (unpaired) electrons. The Balaban J connectivity index is 2.28. The molecule has 0 spiro atoms. The zero-order chi connectivity index (χ0) is 18.5. The van der Waals surface area contributed by atoms with Crippen LogP contribution in [0.2, 0.25) is 0 Å². The van der Waals surface area contributed by atoms with Crippen molar-refractivity contribution in [3.05, 3.63) is 60.8 Å². The Morgan fingerprint density at radius 1 is 0.760 bits per heavy atom. The minimum atomic E-state index is -2.73. The van der Waals surface area contributed by atoms with E-state index in [1.807, 2.05) is 24.4 Å². The molecule has 0 unspecified atom stereocenters. The van der Waals surface area contributed by atoms with E-state index in [0.29, 0.717) is 0 Å². The fraction of sp³-hybridized carbons (Fsp3) is 0.364. The summed E-state index contributed by atoms with van der Waals surface area (Å²) in [6.45, 7) is 12.5. The van der Waals surface area contributed by atoms with Gasteiger partial charge in [0.15, 0.2) is 7.29 Å². The lowest BCUT2D eigenvalue weighted by atomic mass is 10.0. The van der Waals surface area contributed by atoms with Gasteiger partial charge in [-0.3, -0.25) is 8.90 Å². The Kier molecular flexibility index (Phi) is 4.24. The molecular formula is C22H28NOP. The van der Waals surface area contributed by atoms with Gasteiger partial charge in [-0.25, -0.2) is 0 Å². The molecule has 0 aliphatic heterocycles. The highest BCUT2D eigenvalue weighted by Gasteiger charge is 2.48. The third-order valence-corrected chi connectivity index (χ3v) is 9.49. The lowest BCUT2D eigenvalue weighted by molar-refractivity contribution is 0.509. The first-order chi connectivity index (χ1) is 11.6. The summed E-state index contributed by atoms with van der Waals surface area (Å²) in [5, 5.41) is 0.494. The number of benzene rings is 2. The third-order valence-electron chi connectivity index (χ3n) is 4.90. The van der Waals surface area contributed by atoms with Gasteiger partial charge in [0.2, 0.25) is 0 Å². The van der Waals surface area contributed by atoms with E-state index in [9.17, 15) is 4.57 Å². The standard InChI is InChI=1S/C22H28NOP/c1-21(2,3)25(24,22(4,5)6)23-15-14-18-12-13-19(16-20(18)23)17-10-8-7-9-11-17/h7-16H,1-6H3. The molecule has 0 atom stereocenters. The molecule has 0 aliphatic carbocycles. The SMILES string of the molecule is CC(C)(C)P(=O)(n1ccc2ccc(-c3ccccc3)cc21)C(C)(C)C. The van der Waals surface area contributed by atoms with Gasteiger partial charge in [-0.05, 0) is 28.6 Å². The van der Waals surface area contributed by atoms with Crippen molar-refractivity contribution < 1.29 is 4.57 Å². The molecule has 132 valence electrons. The van der Waals surface area contributed by atoms with Gasteiger partial charge < -0.3 is 0 Å². The zero-order valence-electron chi connectivity index (χ0n) is 16.1. The summed E-state index contributed by atoms with van der Waals surface area (Å²) >= 11 is 0. The maximum absolute atomic E-state index is 14.3. The van der Waals surface area contributed by atoms with Crippen LogP contribution < -0.4 is 0 Å². The summed E-state index contributed by atoms with van der Waals surface area (Å²) in [6, 6.07) is 18.9. The van der Waals surface area contributed by atoms with Crippen molar-refractivity contribution in [3.8, 4) is 11.1 Å². The van der Waals surface area contributed by atoms with Gasteiger partial charge in [-0.15, -0.1) is 0 Å². The molecule has 0 fully saturated rings. The van der Waals surface area contributed by atoms with Crippen LogP contribution in [0.1, 0.15) is 41.5 Å². The van der Waals surface area contributed by atoms with Gasteiger partial charge in [0.05, 0.1) is 5.52 Å². The maximum Gasteiger partial charge on any atom is 0.186 e. The molecule has 0 aliphatic rings. The molecule has 25 heavy (non-hydrogen) atoms. The van der Waals surface area contributed by atoms with Crippen molar-refractivity contribution in [2.45, 2.75) is 51.9 Å². The van der Waals surface area contributed by atoms with Crippen LogP contribution in [0.5, 0.6) is 0 Å². The lowest BCUT2D eigenvalue weighted by Gasteiger charge is -2.42. The second kappa shape index (κ2) is 5.88. The highest BCUT2D eigenvalue weighted by Crippen LogP contribution is 2.68. The van der Waals surface area contributed by atoms with Crippen molar-refractivity contribution in [1.29, 1.82) is 0 Å². The first kappa shape index (κ1) is 18.0. The average Bonchev–Trinajstić information content (AvgIpc) is 2.96. The molecule has 3 aromatic rings. The Bertz CT molecular complexity index is 922. The minimum Gasteiger partial charge on any atom is -0.299 e. The molecule has 3 heteroatoms. The number of fused-ring (bicyclic) bond motifs is 1. The molecule has 3 rings (SSSR count). The number of hydrogen-bond donors (Lipinski definition) is 0. The van der Waals surface area contributed by atoms with Crippen LogP contribution in [-0.2, 0) is 4.57 Å². The molecule has 2 nitrogen and oxygen atoms in total. The predicted molar refractivity (Wildman–Crippen MR) is 110 cm³/mol. The van der Waals surface area contributed by atoms with Gasteiger partial charge in [-0.1, -0.05) is 84.0 Å². The largest absolute Gasteiger partial charge is 0.299 e. The molecular weight excluding hydrogens is 325 g/mol. The molecule has 0 N–H and O–H groups in total. The van der Waals surface area contributed by atoms with Gasteiger partial charge in [0.1, 0.15) is 0 Å². The van der Waals surface area contributed by atoms with Crippen LogP contribution >= 0.6 is 7.29 Å². The van der Waals surface area contributed by atoms with E-state index in [2.05, 4.69) is 82.3 Å². The predicted octanol–water partition coefficient (Wildman–Crippen LogP) is 7.03. The number of rotatable bonds is 2. The van der Waals surface area contributed by atoms with Crippen LogP contribution in [0.3, 0.4) is 0 Å². The third kappa shape index (κ3) is 2.87. The van der Waals surface area contributed by atoms with E-state index in [1.54, 1.807) is 0 Å². The molecule has 0 amide bonds. The van der Waals surface area contributed by atoms with Crippen molar-refractivity contribution >= 4 is 18.2 Å². The highest BCUT2D eigenvalue weighted by molar-refractivity contribution is 7.65. The average molecular weight is 353 g/mol. The van der Waals surface area contributed by atoms with Gasteiger partial charge >= 0.3 is 0 Å². The van der Waals surface area contributed by atoms with E-state index in [4.69, 9.17) is 0 Å². The number of nitrogens with zero attached hydrogens (tertiary/aromatic N) is 1. The Labute approximate surface area is 151 Å². The fourth-order valence-electron chi connectivity index (χ4n) is 3.82. The Hall–Kier alpha value is -1.79. The monoisotopic (exact) mass is 353 g/mol. The van der Waals surface area contributed by atoms with Crippen molar-refractivity contribution in [2.75, 3.05) is 0 Å². The summed E-state index contributed by atoms with van der Waals surface area (Å²) in [6.07, 6.45) is 2.01. The summed E-state index contributed by atoms with van der Waals surface area (Å²) in [5.41, 5.74) is 3.38. The highest BCUT2D eigenvalue weighted by atomic mass is 31.2. The zero-order valence-corrected chi connectivity index (χ0v) is 17.0. The number of hydrogen-bond acceptors (Lipinski definition) is 1. The normalized spacial score (nSPS) is 13.4. The van der Waals surface area contributed by atoms with Crippen LogP contribution in [-0.4, -0.2) is 14.6 Å². The molecule has 1 aromatic heterocycles. The molecule has 0 bridgehead atoms. The lowest BCUT2D eigenvalue weighted by Crippen LogP contribution is -2.32. The molecule has 2 aromatic carbocycles. The summed E-state index contributed by atoms with van der Waals surface area (Å²) < 4.78 is 16.4. The van der Waals surface area contributed by atoms with Crippen molar-refractivity contribution in [3.63, 3.8) is 0 Å². The second-order valence-electron chi connectivity index (χ2n) is 8.72. The summed E-state index contributed by atoms with van der Waals surface area (Å²) in [5.74, 6) is 0. The van der Waals surface area contributed by atoms with Crippen LogP contribution in [0.15, 0.2) is 60.8 Å². The maximum atomic E-state index is 14.3. The second-order valence-corrected chi connectivity index (χ2v) is 13.0. The Morgan fingerprint density at radius 2 is 1.36 bits per heavy atom. The topological polar surface area (TPSA) is 22.0 Å². The Morgan fingerprint density at radius 3 is 1.92 bits per heavy atom. The quantitative estimate of drug-likeness (QED) is 0.453. The first-order valence-electron chi connectivity index (χ1n) is 8.83. The van der Waals surface area contributed by atoms with Gasteiger partial charge in [0, 0.05) is 16.5 Å². The molecule has 0 saturated heterocycles. The van der Waals surface area contributed by atoms with E-state index in [0.717, 1.165) is 16.5 Å². The van der Waals surface area contributed by atoms with E-state index in [1.165, 1.54) is 5.56 Å². The first-order valence-corrected chi connectivity index (χ1v) is 10.5. The van der Waals surface area contributed by atoms with Gasteiger partial charge in [0.25, 0.3) is 0 Å². The molecule has 1 heterocycles.